The van der Waals surface area contributed by atoms with Crippen LogP contribution in [0, 0.1) is 17.8 Å². The zero-order chi connectivity index (χ0) is 44.8. The van der Waals surface area contributed by atoms with Crippen molar-refractivity contribution in [2.24, 2.45) is 29.4 Å². The summed E-state index contributed by atoms with van der Waals surface area (Å²) in [5.74, 6) is 6.04. The first-order valence-electron chi connectivity index (χ1n) is 21.4. The highest BCUT2D eigenvalue weighted by molar-refractivity contribution is 6.19. The number of anilines is 1. The summed E-state index contributed by atoms with van der Waals surface area (Å²) in [6.45, 7) is 10.7. The van der Waals surface area contributed by atoms with E-state index in [1.54, 1.807) is 19.2 Å². The molecule has 19 heteroatoms. The molecule has 0 bridgehead atoms. The van der Waals surface area contributed by atoms with Gasteiger partial charge in [0.05, 0.1) is 52.7 Å². The van der Waals surface area contributed by atoms with Crippen molar-refractivity contribution in [1.82, 2.24) is 39.5 Å². The average molecular weight is 871 g/mol. The first-order chi connectivity index (χ1) is 30.2. The van der Waals surface area contributed by atoms with Gasteiger partial charge in [0.2, 0.25) is 11.8 Å². The number of para-hydroxylation sites is 1. The molecule has 6 N–H and O–H groups in total. The summed E-state index contributed by atoms with van der Waals surface area (Å²) >= 11 is 0. The molecule has 7 rings (SSSR count). The fraction of sp³-hybridized carbons (Fsp3) is 0.523. The van der Waals surface area contributed by atoms with Gasteiger partial charge in [0, 0.05) is 77.9 Å². The Morgan fingerprint density at radius 2 is 1.83 bits per heavy atom. The molecule has 3 aromatic rings. The van der Waals surface area contributed by atoms with Crippen LogP contribution in [0.2, 0.25) is 0 Å². The number of morpholine rings is 1. The average Bonchev–Trinajstić information content (AvgIpc) is 3.52. The summed E-state index contributed by atoms with van der Waals surface area (Å²) in [7, 11) is 1.67. The van der Waals surface area contributed by atoms with Gasteiger partial charge in [0.25, 0.3) is 12.3 Å². The van der Waals surface area contributed by atoms with Crippen molar-refractivity contribution in [1.29, 1.82) is 0 Å². The molecule has 1 saturated carbocycles. The van der Waals surface area contributed by atoms with Crippen LogP contribution in [0.3, 0.4) is 0 Å². The number of piperidine rings is 1. The maximum Gasteiger partial charge on any atom is 0.329 e. The van der Waals surface area contributed by atoms with Gasteiger partial charge in [-0.25, -0.2) is 23.5 Å². The van der Waals surface area contributed by atoms with Crippen molar-refractivity contribution in [2.75, 3.05) is 63.9 Å². The number of fused-ring (bicyclic) bond motifs is 1. The number of piperazine rings is 1. The van der Waals surface area contributed by atoms with Crippen LogP contribution in [0.5, 0.6) is 0 Å². The van der Waals surface area contributed by atoms with E-state index in [9.17, 15) is 28.0 Å². The second kappa shape index (κ2) is 19.6. The quantitative estimate of drug-likeness (QED) is 0.0943. The molecule has 5 heterocycles. The van der Waals surface area contributed by atoms with E-state index in [1.165, 1.54) is 21.5 Å². The molecule has 1 aliphatic carbocycles. The number of halogens is 2. The number of rotatable bonds is 11. The van der Waals surface area contributed by atoms with Gasteiger partial charge < -0.3 is 31.3 Å². The Morgan fingerprint density at radius 3 is 2.52 bits per heavy atom. The molecule has 2 aromatic heterocycles. The van der Waals surface area contributed by atoms with E-state index in [0.717, 1.165) is 64.6 Å². The third-order valence-electron chi connectivity index (χ3n) is 12.2. The number of alkyl halides is 2. The highest BCUT2D eigenvalue weighted by Gasteiger charge is 2.32. The summed E-state index contributed by atoms with van der Waals surface area (Å²) < 4.78 is 36.5. The minimum absolute atomic E-state index is 0.0404. The lowest BCUT2D eigenvalue weighted by atomic mass is 9.86. The van der Waals surface area contributed by atoms with Crippen LogP contribution in [0.1, 0.15) is 69.8 Å². The zero-order valence-corrected chi connectivity index (χ0v) is 36.0. The number of nitrogens with zero attached hydrogens (tertiary/aromatic N) is 8. The van der Waals surface area contributed by atoms with E-state index < -0.39 is 35.6 Å². The fourth-order valence-corrected chi connectivity index (χ4v) is 8.77. The highest BCUT2D eigenvalue weighted by Crippen LogP contribution is 2.29. The van der Waals surface area contributed by atoms with Gasteiger partial charge in [-0.2, -0.15) is 0 Å². The van der Waals surface area contributed by atoms with E-state index in [-0.39, 0.29) is 47.6 Å². The molecule has 1 aromatic carbocycles. The number of aryl methyl sites for hydroxylation is 1. The Morgan fingerprint density at radius 1 is 1.08 bits per heavy atom. The van der Waals surface area contributed by atoms with Crippen molar-refractivity contribution in [3.8, 4) is 11.8 Å². The van der Waals surface area contributed by atoms with E-state index in [1.807, 2.05) is 30.9 Å². The molecule has 336 valence electrons. The maximum absolute atomic E-state index is 13.9. The fourth-order valence-electron chi connectivity index (χ4n) is 8.77. The SMILES string of the molecule is Cn1c(=O)n(C2CCC(=O)NC2=O)c2cccc(C#CCN3CCN(CC4CCC(N=CC(NC(=O)C(=CN)c5nccc(N6CCOC(C)(C)C6)n5)=C(N)C(F)F)CC4)CC3)c21. The van der Waals surface area contributed by atoms with Crippen LogP contribution in [-0.2, 0) is 26.2 Å². The van der Waals surface area contributed by atoms with E-state index >= 15 is 0 Å². The first-order valence-corrected chi connectivity index (χ1v) is 21.4. The number of amides is 3. The molecule has 1 unspecified atom stereocenters. The Labute approximate surface area is 364 Å². The Hall–Kier alpha value is -5.97. The number of benzene rings is 1. The molecule has 63 heavy (non-hydrogen) atoms. The molecule has 3 aliphatic heterocycles. The molecular weight excluding hydrogens is 815 g/mol. The number of nitrogens with one attached hydrogen (secondary N) is 2. The van der Waals surface area contributed by atoms with E-state index in [0.29, 0.717) is 54.6 Å². The second-order valence-electron chi connectivity index (χ2n) is 17.2. The molecule has 4 aliphatic rings. The van der Waals surface area contributed by atoms with Crippen LogP contribution in [0.4, 0.5) is 14.6 Å². The predicted molar refractivity (Wildman–Crippen MR) is 234 cm³/mol. The highest BCUT2D eigenvalue weighted by atomic mass is 19.3. The molecule has 0 radical (unpaired) electrons. The van der Waals surface area contributed by atoms with Gasteiger partial charge in [0.1, 0.15) is 17.6 Å². The maximum atomic E-state index is 13.9. The van der Waals surface area contributed by atoms with Gasteiger partial charge in [-0.15, -0.1) is 0 Å². The lowest BCUT2D eigenvalue weighted by Gasteiger charge is -2.38. The smallest absolute Gasteiger partial charge is 0.329 e. The van der Waals surface area contributed by atoms with Gasteiger partial charge in [-0.05, 0) is 70.1 Å². The summed E-state index contributed by atoms with van der Waals surface area (Å²) in [6.07, 6.45) is 4.60. The van der Waals surface area contributed by atoms with Crippen LogP contribution < -0.4 is 32.7 Å². The van der Waals surface area contributed by atoms with E-state index in [2.05, 4.69) is 47.2 Å². The summed E-state index contributed by atoms with van der Waals surface area (Å²) in [6, 6.07) is 6.35. The van der Waals surface area contributed by atoms with Crippen molar-refractivity contribution in [3.63, 3.8) is 0 Å². The Kier molecular flexibility index (Phi) is 14.0. The number of carbonyl (C=O) groups excluding carboxylic acids is 3. The number of imidazole rings is 1. The number of hydrogen-bond acceptors (Lipinski definition) is 13. The number of ether oxygens (including phenoxy) is 1. The zero-order valence-electron chi connectivity index (χ0n) is 36.0. The third kappa shape index (κ3) is 10.6. The molecule has 3 saturated heterocycles. The summed E-state index contributed by atoms with van der Waals surface area (Å²) in [5, 5.41) is 4.83. The lowest BCUT2D eigenvalue weighted by Crippen LogP contribution is -2.48. The first kappa shape index (κ1) is 45.1. The van der Waals surface area contributed by atoms with Gasteiger partial charge in [0.15, 0.2) is 5.82 Å². The third-order valence-corrected chi connectivity index (χ3v) is 12.2. The molecule has 1 atom stereocenters. The summed E-state index contributed by atoms with van der Waals surface area (Å²) in [5.41, 5.74) is 11.7. The van der Waals surface area contributed by atoms with Crippen molar-refractivity contribution >= 4 is 46.4 Å². The predicted octanol–water partition coefficient (Wildman–Crippen LogP) is 1.87. The van der Waals surface area contributed by atoms with Crippen LogP contribution >= 0.6 is 0 Å². The number of aromatic nitrogens is 4. The Bertz CT molecular complexity index is 2420. The molecule has 3 amide bonds. The van der Waals surface area contributed by atoms with Crippen LogP contribution in [0.25, 0.3) is 16.6 Å². The largest absolute Gasteiger partial charge is 0.404 e. The minimum Gasteiger partial charge on any atom is -0.404 e. The van der Waals surface area contributed by atoms with Gasteiger partial charge >= 0.3 is 5.69 Å². The minimum atomic E-state index is -3.02. The van der Waals surface area contributed by atoms with Crippen LogP contribution in [0.15, 0.2) is 57.8 Å². The van der Waals surface area contributed by atoms with Crippen molar-refractivity contribution in [3.05, 3.63) is 69.9 Å². The molecular formula is C44H56F2N12O5. The monoisotopic (exact) mass is 870 g/mol. The standard InChI is InChI=1S/C44H56F2N12O5/c1-44(2)27-57(22-23-63-44)35-15-16-49-40(52-35)31(24-47)41(60)51-32(37(48)39(45)46)25-50-30-11-9-28(10-12-30)26-56-20-18-55(19-21-56)17-5-7-29-6-4-8-33-38(29)54(3)43(62)58(33)34-13-14-36(59)53-42(34)61/h4,6,8,15-16,24-25,28,30,34,39H,9-14,17-23,26-27,47-48H2,1-3H3,(H,51,60)(H,53,59,61). The molecule has 4 fully saturated rings. The van der Waals surface area contributed by atoms with Crippen molar-refractivity contribution in [2.45, 2.75) is 76.5 Å². The van der Waals surface area contributed by atoms with Gasteiger partial charge in [-0.1, -0.05) is 17.9 Å². The lowest BCUT2D eigenvalue weighted by molar-refractivity contribution is -0.135. The van der Waals surface area contributed by atoms with Crippen LogP contribution in [-0.4, -0.2) is 130 Å². The van der Waals surface area contributed by atoms with Gasteiger partial charge in [-0.3, -0.25) is 38.7 Å². The summed E-state index contributed by atoms with van der Waals surface area (Å²) in [4.78, 5) is 71.2. The van der Waals surface area contributed by atoms with E-state index in [4.69, 9.17) is 16.2 Å². The number of imide groups is 1. The number of hydrogen-bond donors (Lipinski definition) is 4. The number of aliphatic imine (C=N–C) groups is 1. The Balaban J connectivity index is 0.886. The molecule has 0 spiro atoms. The number of nitrogens with two attached hydrogens (primary N) is 2. The topological polar surface area (TPSA) is 211 Å². The normalized spacial score (nSPS) is 23.1. The van der Waals surface area contributed by atoms with Crippen molar-refractivity contribution < 1.29 is 27.9 Å². The number of allylic oxidation sites excluding steroid dienone is 2. The molecule has 17 nitrogen and oxygen atoms in total. The number of carbonyl (C=O) groups is 3. The second-order valence-corrected chi connectivity index (χ2v) is 17.2.